The molecule has 1 saturated heterocycles. The van der Waals surface area contributed by atoms with Crippen LogP contribution in [0.3, 0.4) is 0 Å². The van der Waals surface area contributed by atoms with Crippen LogP contribution >= 0.6 is 11.3 Å². The first kappa shape index (κ1) is 16.8. The summed E-state index contributed by atoms with van der Waals surface area (Å²) in [6, 6.07) is 8.36. The number of amides is 1. The Morgan fingerprint density at radius 1 is 1.20 bits per heavy atom. The predicted octanol–water partition coefficient (Wildman–Crippen LogP) is 3.08. The second-order valence-corrected chi connectivity index (χ2v) is 8.30. The third-order valence-electron chi connectivity index (χ3n) is 5.51. The summed E-state index contributed by atoms with van der Waals surface area (Å²) < 4.78 is 1.17. The first-order valence-corrected chi connectivity index (χ1v) is 10.1. The van der Waals surface area contributed by atoms with Gasteiger partial charge in [-0.1, -0.05) is 42.7 Å². The molecule has 0 bridgehead atoms. The Kier molecular flexibility index (Phi) is 4.65. The van der Waals surface area contributed by atoms with Gasteiger partial charge in [-0.3, -0.25) is 4.79 Å². The van der Waals surface area contributed by atoms with Crippen molar-refractivity contribution in [2.24, 2.45) is 0 Å². The molecule has 0 radical (unpaired) electrons. The van der Waals surface area contributed by atoms with Crippen LogP contribution in [0.15, 0.2) is 24.3 Å². The van der Waals surface area contributed by atoms with Gasteiger partial charge in [-0.15, -0.1) is 0 Å². The zero-order valence-electron chi connectivity index (χ0n) is 14.4. The van der Waals surface area contributed by atoms with E-state index in [2.05, 4.69) is 21.3 Å². The summed E-state index contributed by atoms with van der Waals surface area (Å²) in [7, 11) is 0. The van der Waals surface area contributed by atoms with Crippen molar-refractivity contribution >= 4 is 32.6 Å². The van der Waals surface area contributed by atoms with Gasteiger partial charge in [-0.25, -0.2) is 4.98 Å². The Morgan fingerprint density at radius 3 is 2.64 bits per heavy atom. The van der Waals surface area contributed by atoms with E-state index >= 15 is 0 Å². The van der Waals surface area contributed by atoms with Crippen molar-refractivity contribution in [1.29, 1.82) is 0 Å². The van der Waals surface area contributed by atoms with E-state index in [1.54, 1.807) is 11.3 Å². The number of aliphatic hydroxyl groups is 1. The highest BCUT2D eigenvalue weighted by molar-refractivity contribution is 7.22. The van der Waals surface area contributed by atoms with Gasteiger partial charge in [0.1, 0.15) is 5.60 Å². The minimum absolute atomic E-state index is 0.177. The van der Waals surface area contributed by atoms with Crippen LogP contribution in [0.25, 0.3) is 10.2 Å². The van der Waals surface area contributed by atoms with E-state index in [9.17, 15) is 9.90 Å². The summed E-state index contributed by atoms with van der Waals surface area (Å²) >= 11 is 1.67. The Labute approximate surface area is 152 Å². The molecule has 1 aromatic heterocycles. The average Bonchev–Trinajstić information content (AvgIpc) is 3.07. The summed E-state index contributed by atoms with van der Waals surface area (Å²) in [5.41, 5.74) is -0.219. The zero-order chi connectivity index (χ0) is 17.3. The fourth-order valence-corrected chi connectivity index (χ4v) is 4.87. The van der Waals surface area contributed by atoms with Gasteiger partial charge in [0.15, 0.2) is 5.13 Å². The summed E-state index contributed by atoms with van der Waals surface area (Å²) in [4.78, 5) is 19.5. The van der Waals surface area contributed by atoms with Crippen molar-refractivity contribution in [3.8, 4) is 0 Å². The molecule has 0 unspecified atom stereocenters. The molecule has 4 rings (SSSR count). The molecule has 2 heterocycles. The van der Waals surface area contributed by atoms with Crippen LogP contribution in [-0.2, 0) is 4.79 Å². The van der Waals surface area contributed by atoms with Crippen molar-refractivity contribution < 1.29 is 9.90 Å². The number of nitrogens with one attached hydrogen (secondary N) is 1. The van der Waals surface area contributed by atoms with Crippen LogP contribution in [0.4, 0.5) is 5.13 Å². The zero-order valence-corrected chi connectivity index (χ0v) is 15.2. The van der Waals surface area contributed by atoms with E-state index in [4.69, 9.17) is 0 Å². The van der Waals surface area contributed by atoms with E-state index in [1.807, 2.05) is 18.2 Å². The standard InChI is InChI=1S/C19H25N3O2S/c23-17(20-14-6-2-1-3-7-14)19(24)10-12-22(13-11-19)18-21-15-8-4-5-9-16(15)25-18/h4-5,8-9,14,24H,1-3,6-7,10-13H2,(H,20,23). The fourth-order valence-electron chi connectivity index (χ4n) is 3.86. The molecule has 2 aliphatic rings. The molecule has 1 aromatic carbocycles. The number of benzene rings is 1. The van der Waals surface area contributed by atoms with Crippen LogP contribution in [0.5, 0.6) is 0 Å². The number of nitrogens with zero attached hydrogens (tertiary/aromatic N) is 2. The number of carbonyl (C=O) groups is 1. The molecule has 0 atom stereocenters. The van der Waals surface area contributed by atoms with Crippen molar-refractivity contribution in [3.63, 3.8) is 0 Å². The van der Waals surface area contributed by atoms with E-state index in [0.717, 1.165) is 23.5 Å². The summed E-state index contributed by atoms with van der Waals surface area (Å²) in [6.45, 7) is 1.32. The third kappa shape index (κ3) is 3.51. The highest BCUT2D eigenvalue weighted by Gasteiger charge is 2.40. The van der Waals surface area contributed by atoms with Gasteiger partial charge in [0, 0.05) is 32.0 Å². The molecule has 6 heteroatoms. The minimum atomic E-state index is -1.23. The molecule has 1 aliphatic carbocycles. The van der Waals surface area contributed by atoms with Gasteiger partial charge in [0.2, 0.25) is 0 Å². The second kappa shape index (κ2) is 6.92. The van der Waals surface area contributed by atoms with Crippen molar-refractivity contribution in [2.45, 2.75) is 56.6 Å². The Bertz CT molecular complexity index is 713. The maximum absolute atomic E-state index is 12.6. The molecule has 5 nitrogen and oxygen atoms in total. The number of hydrogen-bond donors (Lipinski definition) is 2. The second-order valence-electron chi connectivity index (χ2n) is 7.29. The first-order chi connectivity index (χ1) is 12.1. The van der Waals surface area contributed by atoms with Crippen LogP contribution in [0.1, 0.15) is 44.9 Å². The molecule has 1 aliphatic heterocycles. The van der Waals surface area contributed by atoms with Crippen LogP contribution < -0.4 is 10.2 Å². The normalized spacial score (nSPS) is 21.4. The van der Waals surface area contributed by atoms with Gasteiger partial charge >= 0.3 is 0 Å². The largest absolute Gasteiger partial charge is 0.380 e. The molecule has 2 aromatic rings. The molecule has 0 spiro atoms. The average molecular weight is 359 g/mol. The Morgan fingerprint density at radius 2 is 1.92 bits per heavy atom. The van der Waals surface area contributed by atoms with Crippen molar-refractivity contribution in [1.82, 2.24) is 10.3 Å². The number of thiazole rings is 1. The van der Waals surface area contributed by atoms with E-state index < -0.39 is 5.60 Å². The van der Waals surface area contributed by atoms with Crippen LogP contribution in [0.2, 0.25) is 0 Å². The number of rotatable bonds is 3. The van der Waals surface area contributed by atoms with Gasteiger partial charge < -0.3 is 15.3 Å². The maximum Gasteiger partial charge on any atom is 0.252 e. The topological polar surface area (TPSA) is 65.5 Å². The lowest BCUT2D eigenvalue weighted by Gasteiger charge is -2.38. The van der Waals surface area contributed by atoms with Crippen molar-refractivity contribution in [3.05, 3.63) is 24.3 Å². The highest BCUT2D eigenvalue weighted by Crippen LogP contribution is 2.32. The highest BCUT2D eigenvalue weighted by atomic mass is 32.1. The Hall–Kier alpha value is -1.66. The predicted molar refractivity (Wildman–Crippen MR) is 101 cm³/mol. The molecule has 2 N–H and O–H groups in total. The first-order valence-electron chi connectivity index (χ1n) is 9.28. The Balaban J connectivity index is 1.38. The lowest BCUT2D eigenvalue weighted by atomic mass is 9.89. The van der Waals surface area contributed by atoms with Crippen LogP contribution in [0, 0.1) is 0 Å². The van der Waals surface area contributed by atoms with Crippen molar-refractivity contribution in [2.75, 3.05) is 18.0 Å². The molecular weight excluding hydrogens is 334 g/mol. The molecule has 2 fully saturated rings. The minimum Gasteiger partial charge on any atom is -0.380 e. The summed E-state index contributed by atoms with van der Waals surface area (Å²) in [6.07, 6.45) is 6.61. The monoisotopic (exact) mass is 359 g/mol. The molecule has 134 valence electrons. The number of para-hydroxylation sites is 1. The fraction of sp³-hybridized carbons (Fsp3) is 0.579. The number of anilines is 1. The lowest BCUT2D eigenvalue weighted by molar-refractivity contribution is -0.142. The SMILES string of the molecule is O=C(NC1CCCCC1)C1(O)CCN(c2nc3ccccc3s2)CC1. The van der Waals surface area contributed by atoms with E-state index in [-0.39, 0.29) is 11.9 Å². The van der Waals surface area contributed by atoms with Gasteiger partial charge in [0.25, 0.3) is 5.91 Å². The van der Waals surface area contributed by atoms with Crippen LogP contribution in [-0.4, -0.2) is 40.7 Å². The molecule has 25 heavy (non-hydrogen) atoms. The quantitative estimate of drug-likeness (QED) is 0.884. The number of aromatic nitrogens is 1. The molecular formula is C19H25N3O2S. The van der Waals surface area contributed by atoms with E-state index in [0.29, 0.717) is 25.9 Å². The van der Waals surface area contributed by atoms with Gasteiger partial charge in [0.05, 0.1) is 10.2 Å². The third-order valence-corrected chi connectivity index (χ3v) is 6.60. The number of fused-ring (bicyclic) bond motifs is 1. The maximum atomic E-state index is 12.6. The smallest absolute Gasteiger partial charge is 0.252 e. The van der Waals surface area contributed by atoms with E-state index in [1.165, 1.54) is 24.0 Å². The lowest BCUT2D eigenvalue weighted by Crippen LogP contribution is -2.56. The van der Waals surface area contributed by atoms with Gasteiger partial charge in [-0.05, 0) is 25.0 Å². The number of hydrogen-bond acceptors (Lipinski definition) is 5. The number of piperidine rings is 1. The summed E-state index contributed by atoms with van der Waals surface area (Å²) in [5, 5.41) is 14.9. The number of carbonyl (C=O) groups excluding carboxylic acids is 1. The van der Waals surface area contributed by atoms with Gasteiger partial charge in [-0.2, -0.15) is 0 Å². The summed E-state index contributed by atoms with van der Waals surface area (Å²) in [5.74, 6) is -0.177. The molecule has 1 saturated carbocycles. The molecule has 1 amide bonds.